The zero-order valence-electron chi connectivity index (χ0n) is 16.7. The SMILES string of the molecule is CCCCCCCCC[C@H]1CC[C@H](OC[C@H]2CC[C@H](C)CC2)CC1. The van der Waals surface area contributed by atoms with Gasteiger partial charge in [-0.3, -0.25) is 0 Å². The predicted molar refractivity (Wildman–Crippen MR) is 105 cm³/mol. The summed E-state index contributed by atoms with van der Waals surface area (Å²) in [5, 5.41) is 0. The van der Waals surface area contributed by atoms with Crippen LogP contribution in [-0.4, -0.2) is 12.7 Å². The molecule has 2 fully saturated rings. The van der Waals surface area contributed by atoms with Gasteiger partial charge in [-0.2, -0.15) is 0 Å². The maximum Gasteiger partial charge on any atom is 0.0575 e. The molecule has 2 saturated carbocycles. The molecule has 0 radical (unpaired) electrons. The van der Waals surface area contributed by atoms with Crippen molar-refractivity contribution in [3.05, 3.63) is 0 Å². The zero-order chi connectivity index (χ0) is 17.0. The quantitative estimate of drug-likeness (QED) is 0.354. The molecule has 0 atom stereocenters. The second-order valence-electron chi connectivity index (χ2n) is 9.01. The second kappa shape index (κ2) is 12.3. The number of hydrogen-bond acceptors (Lipinski definition) is 1. The van der Waals surface area contributed by atoms with Crippen molar-refractivity contribution in [1.82, 2.24) is 0 Å². The lowest BCUT2D eigenvalue weighted by atomic mass is 9.82. The van der Waals surface area contributed by atoms with Crippen LogP contribution in [0.25, 0.3) is 0 Å². The van der Waals surface area contributed by atoms with Crippen molar-refractivity contribution in [3.63, 3.8) is 0 Å². The highest BCUT2D eigenvalue weighted by atomic mass is 16.5. The molecule has 24 heavy (non-hydrogen) atoms. The van der Waals surface area contributed by atoms with Crippen molar-refractivity contribution in [1.29, 1.82) is 0 Å². The van der Waals surface area contributed by atoms with Crippen molar-refractivity contribution in [2.75, 3.05) is 6.61 Å². The van der Waals surface area contributed by atoms with Gasteiger partial charge in [0.1, 0.15) is 0 Å². The summed E-state index contributed by atoms with van der Waals surface area (Å²) in [5.41, 5.74) is 0. The summed E-state index contributed by atoms with van der Waals surface area (Å²) in [4.78, 5) is 0. The van der Waals surface area contributed by atoms with Gasteiger partial charge >= 0.3 is 0 Å². The van der Waals surface area contributed by atoms with Crippen LogP contribution in [0.2, 0.25) is 0 Å². The van der Waals surface area contributed by atoms with E-state index in [0.717, 1.165) is 24.4 Å². The molecule has 0 N–H and O–H groups in total. The van der Waals surface area contributed by atoms with Crippen LogP contribution in [0.15, 0.2) is 0 Å². The molecule has 0 aromatic heterocycles. The Morgan fingerprint density at radius 1 is 0.667 bits per heavy atom. The van der Waals surface area contributed by atoms with Gasteiger partial charge in [-0.25, -0.2) is 0 Å². The Morgan fingerprint density at radius 2 is 1.25 bits per heavy atom. The van der Waals surface area contributed by atoms with Crippen molar-refractivity contribution < 1.29 is 4.74 Å². The number of ether oxygens (including phenoxy) is 1. The van der Waals surface area contributed by atoms with E-state index in [-0.39, 0.29) is 0 Å². The Kier molecular flexibility index (Phi) is 10.4. The third-order valence-electron chi connectivity index (χ3n) is 6.71. The van der Waals surface area contributed by atoms with Gasteiger partial charge in [-0.05, 0) is 56.3 Å². The highest BCUT2D eigenvalue weighted by Gasteiger charge is 2.23. The van der Waals surface area contributed by atoms with Gasteiger partial charge < -0.3 is 4.74 Å². The predicted octanol–water partition coefficient (Wildman–Crippen LogP) is 7.53. The fourth-order valence-corrected chi connectivity index (χ4v) is 4.75. The van der Waals surface area contributed by atoms with Gasteiger partial charge in [0.2, 0.25) is 0 Å². The third-order valence-corrected chi connectivity index (χ3v) is 6.71. The van der Waals surface area contributed by atoms with Gasteiger partial charge in [0.05, 0.1) is 6.10 Å². The van der Waals surface area contributed by atoms with Crippen molar-refractivity contribution in [2.45, 2.75) is 123 Å². The molecule has 1 heteroatoms. The van der Waals surface area contributed by atoms with E-state index < -0.39 is 0 Å². The second-order valence-corrected chi connectivity index (χ2v) is 9.01. The molecule has 0 aliphatic heterocycles. The molecule has 0 saturated heterocycles. The lowest BCUT2D eigenvalue weighted by Crippen LogP contribution is -2.25. The van der Waals surface area contributed by atoms with Gasteiger partial charge in [-0.15, -0.1) is 0 Å². The first kappa shape index (κ1) is 20.3. The van der Waals surface area contributed by atoms with E-state index in [0.29, 0.717) is 6.10 Å². The molecule has 0 heterocycles. The van der Waals surface area contributed by atoms with Gasteiger partial charge in [0.25, 0.3) is 0 Å². The maximum atomic E-state index is 6.29. The Labute approximate surface area is 152 Å². The summed E-state index contributed by atoms with van der Waals surface area (Å²) in [7, 11) is 0. The summed E-state index contributed by atoms with van der Waals surface area (Å²) in [6, 6.07) is 0. The summed E-state index contributed by atoms with van der Waals surface area (Å²) in [6.45, 7) is 5.76. The van der Waals surface area contributed by atoms with Crippen LogP contribution in [0, 0.1) is 17.8 Å². The maximum absolute atomic E-state index is 6.29. The van der Waals surface area contributed by atoms with E-state index in [4.69, 9.17) is 4.74 Å². The summed E-state index contributed by atoms with van der Waals surface area (Å²) in [5.74, 6) is 2.84. The molecule has 0 unspecified atom stereocenters. The first-order chi connectivity index (χ1) is 11.8. The minimum absolute atomic E-state index is 0.592. The highest BCUT2D eigenvalue weighted by molar-refractivity contribution is 4.75. The highest BCUT2D eigenvalue weighted by Crippen LogP contribution is 2.32. The fourth-order valence-electron chi connectivity index (χ4n) is 4.75. The molecule has 0 bridgehead atoms. The smallest absolute Gasteiger partial charge is 0.0575 e. The Bertz CT molecular complexity index is 284. The number of rotatable bonds is 11. The van der Waals surface area contributed by atoms with Gasteiger partial charge in [0, 0.05) is 6.61 Å². The van der Waals surface area contributed by atoms with E-state index in [1.54, 1.807) is 0 Å². The third kappa shape index (κ3) is 8.37. The van der Waals surface area contributed by atoms with E-state index in [2.05, 4.69) is 13.8 Å². The van der Waals surface area contributed by atoms with Crippen LogP contribution in [0.4, 0.5) is 0 Å². The number of unbranched alkanes of at least 4 members (excludes halogenated alkanes) is 6. The molecule has 2 aliphatic rings. The van der Waals surface area contributed by atoms with Crippen LogP contribution in [0.1, 0.15) is 117 Å². The Hall–Kier alpha value is -0.0400. The minimum atomic E-state index is 0.592. The molecule has 0 aromatic rings. The van der Waals surface area contributed by atoms with Crippen molar-refractivity contribution >= 4 is 0 Å². The molecule has 2 rings (SSSR count). The van der Waals surface area contributed by atoms with Crippen molar-refractivity contribution in [2.24, 2.45) is 17.8 Å². The Morgan fingerprint density at radius 3 is 1.92 bits per heavy atom. The lowest BCUT2D eigenvalue weighted by Gasteiger charge is -2.31. The summed E-state index contributed by atoms with van der Waals surface area (Å²) >= 11 is 0. The van der Waals surface area contributed by atoms with E-state index in [1.807, 2.05) is 0 Å². The molecular formula is C23H44O. The minimum Gasteiger partial charge on any atom is -0.378 e. The van der Waals surface area contributed by atoms with Crippen molar-refractivity contribution in [3.8, 4) is 0 Å². The largest absolute Gasteiger partial charge is 0.378 e. The van der Waals surface area contributed by atoms with Crippen LogP contribution >= 0.6 is 0 Å². The molecule has 0 aromatic carbocycles. The van der Waals surface area contributed by atoms with E-state index in [1.165, 1.54) is 103 Å². The standard InChI is InChI=1S/C23H44O/c1-3-4-5-6-7-8-9-10-21-15-17-23(18-16-21)24-19-22-13-11-20(2)12-14-22/h20-23H,3-19H2,1-2H3/t20-,21-,22-,23-. The van der Waals surface area contributed by atoms with Crippen LogP contribution in [0.5, 0.6) is 0 Å². The average molecular weight is 337 g/mol. The summed E-state index contributed by atoms with van der Waals surface area (Å²) in [6.07, 6.45) is 23.4. The van der Waals surface area contributed by atoms with Crippen LogP contribution in [0.3, 0.4) is 0 Å². The fraction of sp³-hybridized carbons (Fsp3) is 1.00. The average Bonchev–Trinajstić information content (AvgIpc) is 2.61. The number of hydrogen-bond donors (Lipinski definition) is 0. The molecule has 2 aliphatic carbocycles. The van der Waals surface area contributed by atoms with Crippen LogP contribution in [-0.2, 0) is 4.74 Å². The van der Waals surface area contributed by atoms with Gasteiger partial charge in [0.15, 0.2) is 0 Å². The topological polar surface area (TPSA) is 9.23 Å². The molecular weight excluding hydrogens is 292 g/mol. The zero-order valence-corrected chi connectivity index (χ0v) is 16.7. The first-order valence-corrected chi connectivity index (χ1v) is 11.4. The molecule has 1 nitrogen and oxygen atoms in total. The normalized spacial score (nSPS) is 31.2. The monoisotopic (exact) mass is 336 g/mol. The summed E-state index contributed by atoms with van der Waals surface area (Å²) < 4.78 is 6.29. The van der Waals surface area contributed by atoms with E-state index in [9.17, 15) is 0 Å². The van der Waals surface area contributed by atoms with Crippen LogP contribution < -0.4 is 0 Å². The molecule has 0 amide bonds. The molecule has 0 spiro atoms. The van der Waals surface area contributed by atoms with Gasteiger partial charge in [-0.1, -0.05) is 78.1 Å². The first-order valence-electron chi connectivity index (χ1n) is 11.4. The lowest BCUT2D eigenvalue weighted by molar-refractivity contribution is -0.00971. The Balaban J connectivity index is 1.43. The van der Waals surface area contributed by atoms with E-state index >= 15 is 0 Å². The molecule has 142 valence electrons.